The summed E-state index contributed by atoms with van der Waals surface area (Å²) in [4.78, 5) is 16.3. The number of carbonyl (C=O) groups excluding carboxylic acids is 1. The molecule has 0 radical (unpaired) electrons. The van der Waals surface area contributed by atoms with Crippen LogP contribution in [0.15, 0.2) is 36.9 Å². The summed E-state index contributed by atoms with van der Waals surface area (Å²) in [6.07, 6.45) is 6.13. The molecule has 0 spiro atoms. The number of hydrogen-bond acceptors (Lipinski definition) is 2. The van der Waals surface area contributed by atoms with Crippen LogP contribution in [0.1, 0.15) is 31.2 Å². The van der Waals surface area contributed by atoms with Gasteiger partial charge in [0.2, 0.25) is 5.91 Å². The van der Waals surface area contributed by atoms with Crippen LogP contribution in [0, 0.1) is 11.7 Å². The Morgan fingerprint density at radius 3 is 3.00 bits per heavy atom. The molecule has 1 heterocycles. The minimum Gasteiger partial charge on any atom is -0.345 e. The third kappa shape index (κ3) is 5.75. The lowest BCUT2D eigenvalue weighted by molar-refractivity contribution is -0.130. The van der Waals surface area contributed by atoms with Crippen LogP contribution in [0.2, 0.25) is 0 Å². The van der Waals surface area contributed by atoms with Crippen molar-refractivity contribution in [3.8, 4) is 0 Å². The van der Waals surface area contributed by atoms with Crippen molar-refractivity contribution in [2.45, 2.75) is 32.1 Å². The maximum atomic E-state index is 13.7. The average molecular weight is 332 g/mol. The minimum absolute atomic E-state index is 0.112. The highest BCUT2D eigenvalue weighted by atomic mass is 19.1. The second kappa shape index (κ2) is 9.58. The van der Waals surface area contributed by atoms with E-state index in [1.54, 1.807) is 12.1 Å². The van der Waals surface area contributed by atoms with Gasteiger partial charge in [0.1, 0.15) is 5.82 Å². The van der Waals surface area contributed by atoms with E-state index in [1.807, 2.05) is 24.1 Å². The summed E-state index contributed by atoms with van der Waals surface area (Å²) in [5.41, 5.74) is 0.788. The number of nitrogens with zero attached hydrogens (tertiary/aromatic N) is 2. The molecule has 3 nitrogen and oxygen atoms in total. The van der Waals surface area contributed by atoms with Gasteiger partial charge in [0.25, 0.3) is 0 Å². The van der Waals surface area contributed by atoms with E-state index in [2.05, 4.69) is 11.5 Å². The van der Waals surface area contributed by atoms with Crippen LogP contribution in [0.25, 0.3) is 0 Å². The minimum atomic E-state index is -0.112. The number of carbonyl (C=O) groups is 1. The van der Waals surface area contributed by atoms with Crippen molar-refractivity contribution in [3.05, 3.63) is 48.3 Å². The summed E-state index contributed by atoms with van der Waals surface area (Å²) in [7, 11) is 1.89. The first-order chi connectivity index (χ1) is 11.6. The molecular weight excluding hydrogens is 303 g/mol. The molecule has 0 unspecified atom stereocenters. The predicted molar refractivity (Wildman–Crippen MR) is 96.3 cm³/mol. The van der Waals surface area contributed by atoms with E-state index in [-0.39, 0.29) is 11.7 Å². The molecule has 24 heavy (non-hydrogen) atoms. The van der Waals surface area contributed by atoms with Crippen molar-refractivity contribution in [2.75, 3.05) is 33.2 Å². The highest BCUT2D eigenvalue weighted by molar-refractivity contribution is 5.75. The summed E-state index contributed by atoms with van der Waals surface area (Å²) in [5.74, 6) is 0.592. The molecule has 0 aliphatic carbocycles. The Morgan fingerprint density at radius 1 is 1.46 bits per heavy atom. The number of amides is 1. The van der Waals surface area contributed by atoms with Crippen molar-refractivity contribution in [1.82, 2.24) is 9.80 Å². The lowest BCUT2D eigenvalue weighted by Crippen LogP contribution is -2.42. The van der Waals surface area contributed by atoms with Crippen molar-refractivity contribution in [3.63, 3.8) is 0 Å². The predicted octanol–water partition coefficient (Wildman–Crippen LogP) is 3.50. The lowest BCUT2D eigenvalue weighted by Gasteiger charge is -2.34. The first-order valence-electron chi connectivity index (χ1n) is 8.90. The zero-order valence-corrected chi connectivity index (χ0v) is 14.7. The second-order valence-electron chi connectivity index (χ2n) is 6.75. The Hall–Kier alpha value is -1.68. The van der Waals surface area contributed by atoms with E-state index < -0.39 is 0 Å². The summed E-state index contributed by atoms with van der Waals surface area (Å²) in [6.45, 7) is 7.42. The van der Waals surface area contributed by atoms with Crippen LogP contribution in [-0.2, 0) is 11.2 Å². The fourth-order valence-corrected chi connectivity index (χ4v) is 3.39. The van der Waals surface area contributed by atoms with E-state index in [4.69, 9.17) is 0 Å². The van der Waals surface area contributed by atoms with Gasteiger partial charge in [-0.2, -0.15) is 0 Å². The molecular formula is C20H29FN2O. The Labute approximate surface area is 145 Å². The van der Waals surface area contributed by atoms with Gasteiger partial charge >= 0.3 is 0 Å². The largest absolute Gasteiger partial charge is 0.345 e. The van der Waals surface area contributed by atoms with E-state index in [9.17, 15) is 9.18 Å². The first kappa shape index (κ1) is 18.7. The van der Waals surface area contributed by atoms with Gasteiger partial charge in [-0.15, -0.1) is 6.58 Å². The fourth-order valence-electron chi connectivity index (χ4n) is 3.39. The van der Waals surface area contributed by atoms with Crippen LogP contribution in [0.3, 0.4) is 0 Å². The van der Waals surface area contributed by atoms with Gasteiger partial charge in [-0.05, 0) is 49.8 Å². The molecule has 1 aliphatic heterocycles. The number of allylic oxidation sites excluding steroid dienone is 1. The summed E-state index contributed by atoms with van der Waals surface area (Å²) < 4.78 is 13.7. The SMILES string of the molecule is C=CCCC(=O)N(C)C[C@@H]1CCCN(CCc2ccccc2F)C1. The number of benzene rings is 1. The Balaban J connectivity index is 1.78. The first-order valence-corrected chi connectivity index (χ1v) is 8.90. The zero-order chi connectivity index (χ0) is 17.4. The molecule has 1 amide bonds. The molecule has 1 aromatic carbocycles. The van der Waals surface area contributed by atoms with Crippen molar-refractivity contribution in [2.24, 2.45) is 5.92 Å². The summed E-state index contributed by atoms with van der Waals surface area (Å²) in [5, 5.41) is 0. The topological polar surface area (TPSA) is 23.6 Å². The highest BCUT2D eigenvalue weighted by Gasteiger charge is 2.22. The van der Waals surface area contributed by atoms with Gasteiger partial charge in [-0.1, -0.05) is 24.3 Å². The normalized spacial score (nSPS) is 18.3. The number of piperidine rings is 1. The van der Waals surface area contributed by atoms with E-state index in [0.29, 0.717) is 12.3 Å². The maximum absolute atomic E-state index is 13.7. The molecule has 0 N–H and O–H groups in total. The lowest BCUT2D eigenvalue weighted by atomic mass is 9.97. The van der Waals surface area contributed by atoms with Crippen LogP contribution >= 0.6 is 0 Å². The molecule has 0 bridgehead atoms. The Morgan fingerprint density at radius 2 is 2.25 bits per heavy atom. The van der Waals surface area contributed by atoms with Gasteiger partial charge in [-0.25, -0.2) is 4.39 Å². The molecule has 1 fully saturated rings. The van der Waals surface area contributed by atoms with E-state index >= 15 is 0 Å². The number of halogens is 1. The molecule has 1 aromatic rings. The van der Waals surface area contributed by atoms with Crippen molar-refractivity contribution < 1.29 is 9.18 Å². The van der Waals surface area contributed by atoms with Crippen LogP contribution in [-0.4, -0.2) is 48.9 Å². The van der Waals surface area contributed by atoms with Crippen LogP contribution in [0.4, 0.5) is 4.39 Å². The third-order valence-electron chi connectivity index (χ3n) is 4.78. The van der Waals surface area contributed by atoms with Gasteiger partial charge in [-0.3, -0.25) is 4.79 Å². The van der Waals surface area contributed by atoms with Gasteiger partial charge in [0, 0.05) is 33.1 Å². The monoisotopic (exact) mass is 332 g/mol. The van der Waals surface area contributed by atoms with E-state index in [1.165, 1.54) is 6.07 Å². The Kier molecular flexibility index (Phi) is 7.44. The number of likely N-dealkylation sites (tertiary alicyclic amines) is 1. The molecule has 0 saturated carbocycles. The van der Waals surface area contributed by atoms with Gasteiger partial charge < -0.3 is 9.80 Å². The van der Waals surface area contributed by atoms with Crippen molar-refractivity contribution >= 4 is 5.91 Å². The number of rotatable bonds is 8. The zero-order valence-electron chi connectivity index (χ0n) is 14.7. The number of hydrogen-bond donors (Lipinski definition) is 0. The van der Waals surface area contributed by atoms with E-state index in [0.717, 1.165) is 57.4 Å². The van der Waals surface area contributed by atoms with Crippen LogP contribution in [0.5, 0.6) is 0 Å². The van der Waals surface area contributed by atoms with Gasteiger partial charge in [0.05, 0.1) is 0 Å². The summed E-state index contributed by atoms with van der Waals surface area (Å²) >= 11 is 0. The maximum Gasteiger partial charge on any atom is 0.222 e. The molecule has 1 aliphatic rings. The highest BCUT2D eigenvalue weighted by Crippen LogP contribution is 2.18. The molecule has 132 valence electrons. The molecule has 2 rings (SSSR count). The smallest absolute Gasteiger partial charge is 0.222 e. The Bertz CT molecular complexity index is 546. The second-order valence-corrected chi connectivity index (χ2v) is 6.75. The fraction of sp³-hybridized carbons (Fsp3) is 0.550. The summed E-state index contributed by atoms with van der Waals surface area (Å²) in [6, 6.07) is 7.01. The standard InChI is InChI=1S/C20H29FN2O/c1-3-4-11-20(24)22(2)15-17-8-7-13-23(16-17)14-12-18-9-5-6-10-19(18)21/h3,5-6,9-10,17H,1,4,7-8,11-16H2,2H3/t17-/m0/s1. The van der Waals surface area contributed by atoms with Crippen molar-refractivity contribution in [1.29, 1.82) is 0 Å². The third-order valence-corrected chi connectivity index (χ3v) is 4.78. The molecule has 1 atom stereocenters. The average Bonchev–Trinajstić information content (AvgIpc) is 2.59. The van der Waals surface area contributed by atoms with Crippen LogP contribution < -0.4 is 0 Å². The molecule has 1 saturated heterocycles. The van der Waals surface area contributed by atoms with Gasteiger partial charge in [0.15, 0.2) is 0 Å². The quantitative estimate of drug-likeness (QED) is 0.680. The molecule has 4 heteroatoms. The molecule has 0 aromatic heterocycles.